The predicted octanol–water partition coefficient (Wildman–Crippen LogP) is 7.23. The van der Waals surface area contributed by atoms with Crippen molar-refractivity contribution in [2.24, 2.45) is 5.41 Å². The monoisotopic (exact) mass is 560 g/mol. The van der Waals surface area contributed by atoms with Gasteiger partial charge in [-0.15, -0.1) is 0 Å². The van der Waals surface area contributed by atoms with Crippen LogP contribution in [0, 0.1) is 22.9 Å². The van der Waals surface area contributed by atoms with E-state index in [9.17, 15) is 22.8 Å². The highest BCUT2D eigenvalue weighted by atomic mass is 35.5. The molecule has 182 valence electrons. The van der Waals surface area contributed by atoms with Crippen LogP contribution in [0.3, 0.4) is 0 Å². The first-order valence-electron chi connectivity index (χ1n) is 10.1. The Morgan fingerprint density at radius 1 is 0.943 bits per heavy atom. The zero-order valence-electron chi connectivity index (χ0n) is 17.5. The zero-order chi connectivity index (χ0) is 25.5. The first kappa shape index (κ1) is 25.6. The van der Waals surface area contributed by atoms with E-state index >= 15 is 0 Å². The van der Waals surface area contributed by atoms with Gasteiger partial charge in [-0.1, -0.05) is 58.5 Å². The summed E-state index contributed by atoms with van der Waals surface area (Å²) in [5, 5.41) is 5.06. The first-order chi connectivity index (χ1) is 16.5. The smallest absolute Gasteiger partial charge is 0.257 e. The van der Waals surface area contributed by atoms with Crippen LogP contribution < -0.4 is 10.6 Å². The van der Waals surface area contributed by atoms with Crippen molar-refractivity contribution in [1.29, 1.82) is 0 Å². The van der Waals surface area contributed by atoms with Crippen molar-refractivity contribution in [2.45, 2.75) is 10.3 Å². The Kier molecular flexibility index (Phi) is 6.99. The van der Waals surface area contributed by atoms with Crippen molar-refractivity contribution >= 4 is 70.0 Å². The molecule has 0 aromatic heterocycles. The number of aldehydes is 1. The van der Waals surface area contributed by atoms with E-state index in [2.05, 4.69) is 10.6 Å². The standard InChI is InChI=1S/C24H15Cl4F3N2O2/c25-15-6-5-13(9-14(15)22(35)33-20-18(30)2-1-3-19(20)31)32-10-23(11-34)21(24(23,27)28)12-4-7-17(29)16(26)8-12/h1-9,11,21,32H,10H2,(H,33,35). The number of anilines is 2. The highest BCUT2D eigenvalue weighted by Crippen LogP contribution is 2.73. The lowest BCUT2D eigenvalue weighted by Gasteiger charge is -2.15. The summed E-state index contributed by atoms with van der Waals surface area (Å²) in [5.41, 5.74) is -1.12. The number of rotatable bonds is 7. The number of nitrogens with one attached hydrogen (secondary N) is 2. The van der Waals surface area contributed by atoms with E-state index in [1.165, 1.54) is 36.4 Å². The van der Waals surface area contributed by atoms with E-state index in [0.29, 0.717) is 17.5 Å². The molecule has 1 saturated carbocycles. The van der Waals surface area contributed by atoms with Gasteiger partial charge in [-0.2, -0.15) is 0 Å². The van der Waals surface area contributed by atoms with Crippen LogP contribution in [0.1, 0.15) is 21.8 Å². The summed E-state index contributed by atoms with van der Waals surface area (Å²) in [5.74, 6) is -4.04. The minimum atomic E-state index is -1.50. The summed E-state index contributed by atoms with van der Waals surface area (Å²) < 4.78 is 39.9. The highest BCUT2D eigenvalue weighted by molar-refractivity contribution is 6.54. The molecule has 0 heterocycles. The SMILES string of the molecule is O=CC1(CNc2ccc(Cl)c(C(=O)Nc3c(F)cccc3F)c2)C(c2ccc(F)c(Cl)c2)C1(Cl)Cl. The van der Waals surface area contributed by atoms with Crippen molar-refractivity contribution < 1.29 is 22.8 Å². The van der Waals surface area contributed by atoms with Gasteiger partial charge in [-0.25, -0.2) is 13.2 Å². The van der Waals surface area contributed by atoms with Crippen LogP contribution >= 0.6 is 46.4 Å². The summed E-state index contributed by atoms with van der Waals surface area (Å²) >= 11 is 24.9. The molecule has 35 heavy (non-hydrogen) atoms. The number of para-hydroxylation sites is 1. The summed E-state index contributed by atoms with van der Waals surface area (Å²) in [6, 6.07) is 11.4. The molecule has 1 amide bonds. The normalized spacial score (nSPS) is 20.3. The number of halogens is 7. The van der Waals surface area contributed by atoms with Crippen molar-refractivity contribution in [3.8, 4) is 0 Å². The summed E-state index contributed by atoms with van der Waals surface area (Å²) in [6.07, 6.45) is 0.617. The first-order valence-corrected chi connectivity index (χ1v) is 11.6. The van der Waals surface area contributed by atoms with E-state index in [1.54, 1.807) is 0 Å². The van der Waals surface area contributed by atoms with Crippen molar-refractivity contribution in [1.82, 2.24) is 0 Å². The molecule has 0 radical (unpaired) electrons. The van der Waals surface area contributed by atoms with Crippen LogP contribution in [0.4, 0.5) is 24.5 Å². The van der Waals surface area contributed by atoms with E-state index in [1.807, 2.05) is 0 Å². The number of alkyl halides is 2. The maximum Gasteiger partial charge on any atom is 0.257 e. The number of benzene rings is 3. The van der Waals surface area contributed by atoms with Gasteiger partial charge in [0.05, 0.1) is 21.0 Å². The Bertz CT molecular complexity index is 1320. The Hall–Kier alpha value is -2.45. The topological polar surface area (TPSA) is 58.2 Å². The molecule has 2 N–H and O–H groups in total. The third-order valence-electron chi connectivity index (χ3n) is 5.90. The molecule has 1 aliphatic carbocycles. The lowest BCUT2D eigenvalue weighted by Crippen LogP contribution is -2.23. The van der Waals surface area contributed by atoms with Crippen molar-refractivity contribution in [3.63, 3.8) is 0 Å². The molecule has 0 saturated heterocycles. The maximum atomic E-state index is 13.9. The van der Waals surface area contributed by atoms with Crippen LogP contribution in [0.25, 0.3) is 0 Å². The van der Waals surface area contributed by atoms with Crippen LogP contribution in [0.5, 0.6) is 0 Å². The second-order valence-electron chi connectivity index (χ2n) is 7.99. The number of carbonyl (C=O) groups excluding carboxylic acids is 2. The van der Waals surface area contributed by atoms with Gasteiger partial charge in [0.1, 0.15) is 33.8 Å². The molecule has 1 fully saturated rings. The van der Waals surface area contributed by atoms with Gasteiger partial charge in [0.25, 0.3) is 5.91 Å². The Labute approximate surface area is 218 Å². The fourth-order valence-electron chi connectivity index (χ4n) is 3.94. The number of hydrogen-bond acceptors (Lipinski definition) is 3. The average Bonchev–Trinajstić information content (AvgIpc) is 3.32. The second kappa shape index (κ2) is 9.54. The fraction of sp³-hybridized carbons (Fsp3) is 0.167. The van der Waals surface area contributed by atoms with Gasteiger partial charge < -0.3 is 15.4 Å². The van der Waals surface area contributed by atoms with Gasteiger partial charge in [-0.3, -0.25) is 4.79 Å². The van der Waals surface area contributed by atoms with Crippen LogP contribution in [0.15, 0.2) is 54.6 Å². The minimum Gasteiger partial charge on any atom is -0.384 e. The van der Waals surface area contributed by atoms with E-state index in [0.717, 1.165) is 18.2 Å². The van der Waals surface area contributed by atoms with E-state index in [4.69, 9.17) is 46.4 Å². The average molecular weight is 562 g/mol. The number of hydrogen-bond donors (Lipinski definition) is 2. The van der Waals surface area contributed by atoms with Crippen molar-refractivity contribution in [2.75, 3.05) is 17.2 Å². The Morgan fingerprint density at radius 3 is 2.26 bits per heavy atom. The van der Waals surface area contributed by atoms with Gasteiger partial charge in [0.2, 0.25) is 0 Å². The maximum absolute atomic E-state index is 13.9. The zero-order valence-corrected chi connectivity index (χ0v) is 20.5. The summed E-state index contributed by atoms with van der Waals surface area (Å²) in [7, 11) is 0. The third kappa shape index (κ3) is 4.58. The molecule has 4 nitrogen and oxygen atoms in total. The number of amides is 1. The Balaban J connectivity index is 1.55. The highest BCUT2D eigenvalue weighted by Gasteiger charge is 2.76. The van der Waals surface area contributed by atoms with Crippen LogP contribution in [-0.4, -0.2) is 23.1 Å². The second-order valence-corrected chi connectivity index (χ2v) is 10.2. The molecule has 0 bridgehead atoms. The van der Waals surface area contributed by atoms with Crippen LogP contribution in [-0.2, 0) is 4.79 Å². The largest absolute Gasteiger partial charge is 0.384 e. The van der Waals surface area contributed by atoms with Gasteiger partial charge >= 0.3 is 0 Å². The summed E-state index contributed by atoms with van der Waals surface area (Å²) in [4.78, 5) is 24.7. The molecule has 2 unspecified atom stereocenters. The molecule has 3 aromatic rings. The lowest BCUT2D eigenvalue weighted by molar-refractivity contribution is -0.112. The third-order valence-corrected chi connectivity index (χ3v) is 7.66. The molecular formula is C24H15Cl4F3N2O2. The molecule has 4 rings (SSSR count). The molecular weight excluding hydrogens is 547 g/mol. The Morgan fingerprint density at radius 2 is 1.63 bits per heavy atom. The van der Waals surface area contributed by atoms with E-state index < -0.39 is 44.7 Å². The molecule has 3 aromatic carbocycles. The van der Waals surface area contributed by atoms with Crippen LogP contribution in [0.2, 0.25) is 10.0 Å². The molecule has 1 aliphatic rings. The van der Waals surface area contributed by atoms with Gasteiger partial charge in [0, 0.05) is 18.2 Å². The quantitative estimate of drug-likeness (QED) is 0.236. The van der Waals surface area contributed by atoms with Crippen molar-refractivity contribution in [3.05, 3.63) is 93.2 Å². The molecule has 0 aliphatic heterocycles. The summed E-state index contributed by atoms with van der Waals surface area (Å²) in [6.45, 7) is -0.0478. The molecule has 11 heteroatoms. The van der Waals surface area contributed by atoms with Gasteiger partial charge in [0.15, 0.2) is 0 Å². The molecule has 0 spiro atoms. The lowest BCUT2D eigenvalue weighted by atomic mass is 10.00. The van der Waals surface area contributed by atoms with E-state index in [-0.39, 0.29) is 22.2 Å². The molecule has 2 atom stereocenters. The number of carbonyl (C=O) groups is 2. The minimum absolute atomic E-state index is 0.0317. The van der Waals surface area contributed by atoms with Gasteiger partial charge in [-0.05, 0) is 48.0 Å². The fourth-order valence-corrected chi connectivity index (χ4v) is 5.30. The predicted molar refractivity (Wildman–Crippen MR) is 131 cm³/mol.